The normalized spacial score (nSPS) is 23.9. The third-order valence-electron chi connectivity index (χ3n) is 3.83. The van der Waals surface area contributed by atoms with Gasteiger partial charge in [-0.15, -0.1) is 0 Å². The first-order valence-electron chi connectivity index (χ1n) is 6.94. The molecule has 0 aromatic heterocycles. The summed E-state index contributed by atoms with van der Waals surface area (Å²) in [4.78, 5) is 16.5. The maximum absolute atomic E-state index is 11.7. The van der Waals surface area contributed by atoms with Gasteiger partial charge in [-0.2, -0.15) is 0 Å². The fourth-order valence-corrected chi connectivity index (χ4v) is 2.33. The number of ether oxygens (including phenoxy) is 1. The van der Waals surface area contributed by atoms with Gasteiger partial charge < -0.3 is 19.9 Å². The van der Waals surface area contributed by atoms with Crippen LogP contribution in [0.1, 0.15) is 19.3 Å². The molecule has 1 atom stereocenters. The fraction of sp³-hybridized carbons (Fsp3) is 0.923. The molecule has 0 aromatic carbocycles. The zero-order valence-electron chi connectivity index (χ0n) is 11.5. The van der Waals surface area contributed by atoms with Crippen LogP contribution in [-0.2, 0) is 9.53 Å². The molecule has 2 rings (SSSR count). The molecule has 2 aliphatic rings. The van der Waals surface area contributed by atoms with Crippen LogP contribution in [0, 0.1) is 0 Å². The highest BCUT2D eigenvalue weighted by atomic mass is 16.5. The minimum atomic E-state index is -0.123. The Balaban J connectivity index is 1.72. The van der Waals surface area contributed by atoms with E-state index >= 15 is 0 Å². The van der Waals surface area contributed by atoms with Crippen LogP contribution in [0.25, 0.3) is 0 Å². The van der Waals surface area contributed by atoms with E-state index in [1.165, 1.54) is 20.0 Å². The van der Waals surface area contributed by atoms with Crippen molar-refractivity contribution in [2.75, 3.05) is 46.9 Å². The summed E-state index contributed by atoms with van der Waals surface area (Å²) in [6, 6.07) is 0.420. The molecule has 1 saturated carbocycles. The summed E-state index contributed by atoms with van der Waals surface area (Å²) in [5, 5.41) is 3.38. The van der Waals surface area contributed by atoms with Crippen molar-refractivity contribution in [1.29, 1.82) is 0 Å². The van der Waals surface area contributed by atoms with Crippen LogP contribution in [0.2, 0.25) is 0 Å². The lowest BCUT2D eigenvalue weighted by atomic mass is 10.2. The Bertz CT molecular complexity index is 273. The van der Waals surface area contributed by atoms with Crippen molar-refractivity contribution >= 4 is 5.97 Å². The minimum absolute atomic E-state index is 0.115. The summed E-state index contributed by atoms with van der Waals surface area (Å²) in [6.07, 6.45) is 3.25. The number of nitrogens with one attached hydrogen (secondary N) is 1. The Morgan fingerprint density at radius 3 is 2.56 bits per heavy atom. The van der Waals surface area contributed by atoms with Crippen LogP contribution in [0.15, 0.2) is 0 Å². The van der Waals surface area contributed by atoms with Crippen LogP contribution in [0.4, 0.5) is 0 Å². The first kappa shape index (κ1) is 13.8. The number of hydrogen-bond donors (Lipinski definition) is 1. The summed E-state index contributed by atoms with van der Waals surface area (Å²) in [7, 11) is 3.63. The van der Waals surface area contributed by atoms with Crippen molar-refractivity contribution in [1.82, 2.24) is 15.1 Å². The van der Waals surface area contributed by atoms with Gasteiger partial charge in [-0.1, -0.05) is 0 Å². The molecule has 1 aliphatic heterocycles. The first-order chi connectivity index (χ1) is 8.69. The van der Waals surface area contributed by atoms with E-state index in [1.54, 1.807) is 0 Å². The second-order valence-corrected chi connectivity index (χ2v) is 5.45. The SMILES string of the molecule is COC(=O)C(CCN1CCN(C)CC1)NC1CC1. The van der Waals surface area contributed by atoms with Crippen LogP contribution in [-0.4, -0.2) is 74.7 Å². The molecule has 1 N–H and O–H groups in total. The molecule has 1 unspecified atom stereocenters. The van der Waals surface area contributed by atoms with Gasteiger partial charge in [0, 0.05) is 38.8 Å². The molecule has 5 nitrogen and oxygen atoms in total. The number of methoxy groups -OCH3 is 1. The standard InChI is InChI=1S/C13H25N3O2/c1-15-7-9-16(10-8-15)6-5-12(13(17)18-2)14-11-3-4-11/h11-12,14H,3-10H2,1-2H3. The lowest BCUT2D eigenvalue weighted by Crippen LogP contribution is -2.47. The number of likely N-dealkylation sites (N-methyl/N-ethyl adjacent to an activating group) is 1. The average Bonchev–Trinajstić information content (AvgIpc) is 3.19. The van der Waals surface area contributed by atoms with Crippen molar-refractivity contribution in [2.24, 2.45) is 0 Å². The van der Waals surface area contributed by atoms with Gasteiger partial charge in [-0.05, 0) is 26.3 Å². The van der Waals surface area contributed by atoms with Gasteiger partial charge in [0.2, 0.25) is 0 Å². The first-order valence-corrected chi connectivity index (χ1v) is 6.94. The molecule has 0 spiro atoms. The van der Waals surface area contributed by atoms with E-state index in [1.807, 2.05) is 0 Å². The summed E-state index contributed by atoms with van der Waals surface area (Å²) in [5.74, 6) is -0.115. The molecule has 5 heteroatoms. The van der Waals surface area contributed by atoms with Crippen LogP contribution in [0.5, 0.6) is 0 Å². The molecular weight excluding hydrogens is 230 g/mol. The van der Waals surface area contributed by atoms with Crippen molar-refractivity contribution < 1.29 is 9.53 Å². The highest BCUT2D eigenvalue weighted by Gasteiger charge is 2.29. The molecule has 2 fully saturated rings. The van der Waals surface area contributed by atoms with Gasteiger partial charge in [0.25, 0.3) is 0 Å². The molecule has 1 heterocycles. The largest absolute Gasteiger partial charge is 0.468 e. The zero-order chi connectivity index (χ0) is 13.0. The van der Waals surface area contributed by atoms with E-state index in [0.29, 0.717) is 6.04 Å². The van der Waals surface area contributed by atoms with Crippen LogP contribution in [0.3, 0.4) is 0 Å². The Kier molecular flexibility index (Phi) is 4.97. The molecular formula is C13H25N3O2. The zero-order valence-corrected chi connectivity index (χ0v) is 11.5. The van der Waals surface area contributed by atoms with Crippen molar-refractivity contribution in [3.63, 3.8) is 0 Å². The summed E-state index contributed by atoms with van der Waals surface area (Å²) in [5.41, 5.74) is 0. The number of hydrogen-bond acceptors (Lipinski definition) is 5. The number of rotatable bonds is 6. The predicted octanol–water partition coefficient (Wildman–Crippen LogP) is -0.0825. The number of piperazine rings is 1. The topological polar surface area (TPSA) is 44.8 Å². The lowest BCUT2D eigenvalue weighted by molar-refractivity contribution is -0.143. The molecule has 0 bridgehead atoms. The summed E-state index contributed by atoms with van der Waals surface area (Å²) in [6.45, 7) is 5.44. The molecule has 0 aromatic rings. The van der Waals surface area contributed by atoms with Crippen LogP contribution >= 0.6 is 0 Å². The molecule has 104 valence electrons. The average molecular weight is 255 g/mol. The smallest absolute Gasteiger partial charge is 0.322 e. The second-order valence-electron chi connectivity index (χ2n) is 5.45. The van der Waals surface area contributed by atoms with E-state index in [0.717, 1.165) is 39.1 Å². The second kappa shape index (κ2) is 6.50. The number of carbonyl (C=O) groups excluding carboxylic acids is 1. The van der Waals surface area contributed by atoms with Crippen LogP contribution < -0.4 is 5.32 Å². The third kappa shape index (κ3) is 4.23. The highest BCUT2D eigenvalue weighted by molar-refractivity contribution is 5.75. The van der Waals surface area contributed by atoms with Crippen molar-refractivity contribution in [3.05, 3.63) is 0 Å². The Morgan fingerprint density at radius 2 is 2.00 bits per heavy atom. The maximum atomic E-state index is 11.7. The molecule has 0 radical (unpaired) electrons. The van der Waals surface area contributed by atoms with E-state index in [2.05, 4.69) is 22.2 Å². The van der Waals surface area contributed by atoms with Gasteiger partial charge in [0.15, 0.2) is 0 Å². The van der Waals surface area contributed by atoms with Gasteiger partial charge in [-0.3, -0.25) is 4.79 Å². The fourth-order valence-electron chi connectivity index (χ4n) is 2.33. The third-order valence-corrected chi connectivity index (χ3v) is 3.83. The lowest BCUT2D eigenvalue weighted by Gasteiger charge is -2.33. The molecule has 1 saturated heterocycles. The van der Waals surface area contributed by atoms with Gasteiger partial charge in [-0.25, -0.2) is 0 Å². The molecule has 18 heavy (non-hydrogen) atoms. The number of carbonyl (C=O) groups is 1. The van der Waals surface area contributed by atoms with Gasteiger partial charge >= 0.3 is 5.97 Å². The summed E-state index contributed by atoms with van der Waals surface area (Å²) >= 11 is 0. The van der Waals surface area contributed by atoms with E-state index < -0.39 is 0 Å². The highest BCUT2D eigenvalue weighted by Crippen LogP contribution is 2.20. The molecule has 1 aliphatic carbocycles. The summed E-state index contributed by atoms with van der Waals surface area (Å²) < 4.78 is 4.87. The minimum Gasteiger partial charge on any atom is -0.468 e. The monoisotopic (exact) mass is 255 g/mol. The van der Waals surface area contributed by atoms with Gasteiger partial charge in [0.1, 0.15) is 6.04 Å². The number of nitrogens with zero attached hydrogens (tertiary/aromatic N) is 2. The van der Waals surface area contributed by atoms with E-state index in [9.17, 15) is 4.79 Å². The number of esters is 1. The van der Waals surface area contributed by atoms with E-state index in [-0.39, 0.29) is 12.0 Å². The van der Waals surface area contributed by atoms with Gasteiger partial charge in [0.05, 0.1) is 7.11 Å². The predicted molar refractivity (Wildman–Crippen MR) is 70.5 cm³/mol. The quantitative estimate of drug-likeness (QED) is 0.673. The maximum Gasteiger partial charge on any atom is 0.322 e. The Labute approximate surface area is 109 Å². The Hall–Kier alpha value is -0.650. The van der Waals surface area contributed by atoms with E-state index in [4.69, 9.17) is 4.74 Å². The Morgan fingerprint density at radius 1 is 1.33 bits per heavy atom. The van der Waals surface area contributed by atoms with Crippen molar-refractivity contribution in [3.8, 4) is 0 Å². The van der Waals surface area contributed by atoms with Crippen molar-refractivity contribution in [2.45, 2.75) is 31.3 Å². The molecule has 0 amide bonds.